The molecule has 0 radical (unpaired) electrons. The van der Waals surface area contributed by atoms with Gasteiger partial charge in [0.2, 0.25) is 5.91 Å². The van der Waals surface area contributed by atoms with Gasteiger partial charge in [0, 0.05) is 6.54 Å². The number of carbonyl (C=O) groups excluding carboxylic acids is 1. The van der Waals surface area contributed by atoms with Gasteiger partial charge in [0.25, 0.3) is 0 Å². The normalized spacial score (nSPS) is 10.1. The lowest BCUT2D eigenvalue weighted by Gasteiger charge is -2.21. The molecule has 0 aromatic heterocycles. The van der Waals surface area contributed by atoms with Crippen molar-refractivity contribution in [3.8, 4) is 0 Å². The summed E-state index contributed by atoms with van der Waals surface area (Å²) in [6.45, 7) is 1.52. The van der Waals surface area contributed by atoms with Crippen LogP contribution >= 0.6 is 0 Å². The lowest BCUT2D eigenvalue weighted by atomic mass is 10.2. The molecule has 0 fully saturated rings. The second-order valence-electron chi connectivity index (χ2n) is 2.91. The number of benzene rings is 1. The van der Waals surface area contributed by atoms with E-state index in [-0.39, 0.29) is 18.8 Å². The highest BCUT2D eigenvalue weighted by Crippen LogP contribution is 2.22. The van der Waals surface area contributed by atoms with Crippen LogP contribution in [0.2, 0.25) is 0 Å². The van der Waals surface area contributed by atoms with Crippen molar-refractivity contribution in [2.45, 2.75) is 6.92 Å². The molecule has 0 atom stereocenters. The number of amides is 1. The number of para-hydroxylation sites is 1. The molecule has 1 rings (SSSR count). The van der Waals surface area contributed by atoms with Crippen LogP contribution in [0, 0.1) is 11.6 Å². The standard InChI is InChI=1S/C10H12F2N2O/c1-2-14(9(15)6-13)10-7(11)4-3-5-8(10)12/h3-5H,2,6,13H2,1H3. The highest BCUT2D eigenvalue weighted by atomic mass is 19.1. The van der Waals surface area contributed by atoms with Crippen molar-refractivity contribution in [1.82, 2.24) is 0 Å². The number of nitrogens with zero attached hydrogens (tertiary/aromatic N) is 1. The Morgan fingerprint density at radius 1 is 1.40 bits per heavy atom. The van der Waals surface area contributed by atoms with Crippen molar-refractivity contribution in [2.24, 2.45) is 5.73 Å². The number of halogens is 2. The number of nitrogens with two attached hydrogens (primary N) is 1. The van der Waals surface area contributed by atoms with Gasteiger partial charge in [-0.05, 0) is 19.1 Å². The molecule has 0 unspecified atom stereocenters. The number of carbonyl (C=O) groups is 1. The predicted molar refractivity (Wildman–Crippen MR) is 53.4 cm³/mol. The lowest BCUT2D eigenvalue weighted by Crippen LogP contribution is -2.37. The smallest absolute Gasteiger partial charge is 0.240 e. The molecule has 1 amide bonds. The number of hydrogen-bond acceptors (Lipinski definition) is 2. The van der Waals surface area contributed by atoms with Crippen molar-refractivity contribution >= 4 is 11.6 Å². The summed E-state index contributed by atoms with van der Waals surface area (Å²) in [5.74, 6) is -2.04. The van der Waals surface area contributed by atoms with Crippen LogP contribution in [0.5, 0.6) is 0 Å². The maximum absolute atomic E-state index is 13.3. The molecule has 0 aliphatic rings. The van der Waals surface area contributed by atoms with E-state index >= 15 is 0 Å². The van der Waals surface area contributed by atoms with Crippen LogP contribution in [0.3, 0.4) is 0 Å². The van der Waals surface area contributed by atoms with Gasteiger partial charge in [0.15, 0.2) is 0 Å². The zero-order valence-corrected chi connectivity index (χ0v) is 8.34. The van der Waals surface area contributed by atoms with Gasteiger partial charge in [-0.15, -0.1) is 0 Å². The van der Waals surface area contributed by atoms with Crippen molar-refractivity contribution in [2.75, 3.05) is 18.0 Å². The predicted octanol–water partition coefficient (Wildman–Crippen LogP) is 1.28. The minimum absolute atomic E-state index is 0.174. The van der Waals surface area contributed by atoms with E-state index in [1.54, 1.807) is 6.92 Å². The molecule has 0 bridgehead atoms. The summed E-state index contributed by atoms with van der Waals surface area (Å²) in [7, 11) is 0. The summed E-state index contributed by atoms with van der Waals surface area (Å²) >= 11 is 0. The molecule has 0 saturated carbocycles. The molecule has 82 valence electrons. The molecule has 5 heteroatoms. The summed E-state index contributed by atoms with van der Waals surface area (Å²) in [4.78, 5) is 12.3. The third kappa shape index (κ3) is 2.30. The first-order valence-electron chi connectivity index (χ1n) is 4.56. The van der Waals surface area contributed by atoms with Crippen LogP contribution in [0.15, 0.2) is 18.2 Å². The van der Waals surface area contributed by atoms with Crippen LogP contribution in [0.25, 0.3) is 0 Å². The molecule has 0 aliphatic carbocycles. The molecular formula is C10H12F2N2O. The molecule has 3 nitrogen and oxygen atoms in total. The van der Waals surface area contributed by atoms with Gasteiger partial charge in [-0.25, -0.2) is 8.78 Å². The van der Waals surface area contributed by atoms with Gasteiger partial charge >= 0.3 is 0 Å². The molecule has 0 spiro atoms. The Balaban J connectivity index is 3.17. The topological polar surface area (TPSA) is 46.3 Å². The van der Waals surface area contributed by atoms with E-state index in [0.717, 1.165) is 17.0 Å². The molecular weight excluding hydrogens is 202 g/mol. The quantitative estimate of drug-likeness (QED) is 0.823. The van der Waals surface area contributed by atoms with Gasteiger partial charge in [-0.3, -0.25) is 4.79 Å². The fourth-order valence-electron chi connectivity index (χ4n) is 1.32. The number of hydrogen-bond donors (Lipinski definition) is 1. The minimum Gasteiger partial charge on any atom is -0.322 e. The third-order valence-corrected chi connectivity index (χ3v) is 2.00. The highest BCUT2D eigenvalue weighted by molar-refractivity contribution is 5.94. The van der Waals surface area contributed by atoms with E-state index in [1.807, 2.05) is 0 Å². The van der Waals surface area contributed by atoms with Gasteiger partial charge in [0.1, 0.15) is 17.3 Å². The molecule has 0 heterocycles. The molecule has 0 saturated heterocycles. The Labute approximate surface area is 86.5 Å². The van der Waals surface area contributed by atoms with E-state index in [0.29, 0.717) is 0 Å². The Bertz CT molecular complexity index is 348. The Hall–Kier alpha value is -1.49. The lowest BCUT2D eigenvalue weighted by molar-refractivity contribution is -0.117. The van der Waals surface area contributed by atoms with Crippen LogP contribution < -0.4 is 10.6 Å². The summed E-state index contributed by atoms with van der Waals surface area (Å²) in [6.07, 6.45) is 0. The summed E-state index contributed by atoms with van der Waals surface area (Å²) in [6, 6.07) is 3.45. The summed E-state index contributed by atoms with van der Waals surface area (Å²) in [5, 5.41) is 0. The number of rotatable bonds is 3. The average molecular weight is 214 g/mol. The van der Waals surface area contributed by atoms with Crippen molar-refractivity contribution in [3.63, 3.8) is 0 Å². The second kappa shape index (κ2) is 4.84. The molecule has 0 aliphatic heterocycles. The van der Waals surface area contributed by atoms with Crippen molar-refractivity contribution in [1.29, 1.82) is 0 Å². The third-order valence-electron chi connectivity index (χ3n) is 2.00. The fourth-order valence-corrected chi connectivity index (χ4v) is 1.32. The van der Waals surface area contributed by atoms with Gasteiger partial charge in [0.05, 0.1) is 6.54 Å². The first-order chi connectivity index (χ1) is 7.11. The van der Waals surface area contributed by atoms with E-state index < -0.39 is 17.5 Å². The number of anilines is 1. The van der Waals surface area contributed by atoms with Gasteiger partial charge in [-0.1, -0.05) is 6.07 Å². The van der Waals surface area contributed by atoms with Crippen LogP contribution in [-0.2, 0) is 4.79 Å². The maximum Gasteiger partial charge on any atom is 0.240 e. The Morgan fingerprint density at radius 3 is 2.33 bits per heavy atom. The van der Waals surface area contributed by atoms with Crippen LogP contribution in [0.4, 0.5) is 14.5 Å². The SMILES string of the molecule is CCN(C(=O)CN)c1c(F)cccc1F. The zero-order valence-electron chi connectivity index (χ0n) is 8.34. The maximum atomic E-state index is 13.3. The van der Waals surface area contributed by atoms with E-state index in [1.165, 1.54) is 6.07 Å². The first kappa shape index (κ1) is 11.6. The Kier molecular flexibility index (Phi) is 3.74. The minimum atomic E-state index is -0.765. The highest BCUT2D eigenvalue weighted by Gasteiger charge is 2.19. The average Bonchev–Trinajstić information content (AvgIpc) is 2.22. The van der Waals surface area contributed by atoms with Crippen molar-refractivity contribution in [3.05, 3.63) is 29.8 Å². The second-order valence-corrected chi connectivity index (χ2v) is 2.91. The molecule has 15 heavy (non-hydrogen) atoms. The first-order valence-corrected chi connectivity index (χ1v) is 4.56. The largest absolute Gasteiger partial charge is 0.322 e. The summed E-state index contributed by atoms with van der Waals surface area (Å²) < 4.78 is 26.6. The van der Waals surface area contributed by atoms with Gasteiger partial charge < -0.3 is 10.6 Å². The zero-order chi connectivity index (χ0) is 11.4. The Morgan fingerprint density at radius 2 is 1.93 bits per heavy atom. The molecule has 1 aromatic carbocycles. The van der Waals surface area contributed by atoms with Crippen LogP contribution in [-0.4, -0.2) is 19.0 Å². The molecule has 2 N–H and O–H groups in total. The monoisotopic (exact) mass is 214 g/mol. The molecule has 1 aromatic rings. The van der Waals surface area contributed by atoms with Crippen LogP contribution in [0.1, 0.15) is 6.92 Å². The fraction of sp³-hybridized carbons (Fsp3) is 0.300. The van der Waals surface area contributed by atoms with E-state index in [9.17, 15) is 13.6 Å². The van der Waals surface area contributed by atoms with Crippen molar-refractivity contribution < 1.29 is 13.6 Å². The number of likely N-dealkylation sites (N-methyl/N-ethyl adjacent to an activating group) is 1. The summed E-state index contributed by atoms with van der Waals surface area (Å²) in [5.41, 5.74) is 4.81. The van der Waals surface area contributed by atoms with E-state index in [4.69, 9.17) is 5.73 Å². The van der Waals surface area contributed by atoms with Gasteiger partial charge in [-0.2, -0.15) is 0 Å². The van der Waals surface area contributed by atoms with E-state index in [2.05, 4.69) is 0 Å².